The summed E-state index contributed by atoms with van der Waals surface area (Å²) in [6.07, 6.45) is 1.93. The molecule has 1 heterocycles. The Bertz CT molecular complexity index is 557. The monoisotopic (exact) mass is 217 g/mol. The van der Waals surface area contributed by atoms with Gasteiger partial charge in [-0.1, -0.05) is 13.3 Å². The molecule has 0 fully saturated rings. The predicted octanol–water partition coefficient (Wildman–Crippen LogP) is 2.49. The molecule has 1 aromatic carbocycles. The molecule has 2 aromatic rings. The lowest BCUT2D eigenvalue weighted by atomic mass is 10.1. The van der Waals surface area contributed by atoms with Crippen LogP contribution in [0, 0.1) is 0 Å². The summed E-state index contributed by atoms with van der Waals surface area (Å²) in [6, 6.07) is 7.18. The van der Waals surface area contributed by atoms with Gasteiger partial charge in [-0.25, -0.2) is 0 Å². The molecule has 0 atom stereocenters. The van der Waals surface area contributed by atoms with Crippen LogP contribution >= 0.6 is 0 Å². The van der Waals surface area contributed by atoms with E-state index in [1.807, 2.05) is 12.1 Å². The van der Waals surface area contributed by atoms with Crippen molar-refractivity contribution in [2.75, 3.05) is 7.11 Å². The van der Waals surface area contributed by atoms with Crippen molar-refractivity contribution in [3.8, 4) is 5.75 Å². The lowest BCUT2D eigenvalue weighted by molar-refractivity contribution is 0.415. The van der Waals surface area contributed by atoms with E-state index in [4.69, 9.17) is 4.74 Å². The molecule has 2 rings (SSSR count). The lowest BCUT2D eigenvalue weighted by Gasteiger charge is -2.04. The molecule has 84 valence electrons. The standard InChI is InChI=1S/C13H15NO2/c1-3-4-9-7-13(15)11-8-10(16-2)5-6-12(11)14-9/h5-8H,3-4H2,1-2H3,(H,14,15). The molecule has 0 amide bonds. The molecule has 0 aliphatic carbocycles. The Balaban J connectivity index is 2.62. The van der Waals surface area contributed by atoms with Crippen LogP contribution in [0.4, 0.5) is 0 Å². The number of aromatic nitrogens is 1. The van der Waals surface area contributed by atoms with Gasteiger partial charge in [-0.15, -0.1) is 0 Å². The number of hydrogen-bond donors (Lipinski definition) is 1. The van der Waals surface area contributed by atoms with Gasteiger partial charge < -0.3 is 9.72 Å². The number of aryl methyl sites for hydroxylation is 1. The Kier molecular flexibility index (Phi) is 2.95. The maximum Gasteiger partial charge on any atom is 0.189 e. The number of aromatic amines is 1. The van der Waals surface area contributed by atoms with Crippen LogP contribution in [0.5, 0.6) is 5.75 Å². The van der Waals surface area contributed by atoms with Crippen molar-refractivity contribution < 1.29 is 4.74 Å². The molecule has 16 heavy (non-hydrogen) atoms. The molecular weight excluding hydrogens is 202 g/mol. The highest BCUT2D eigenvalue weighted by Gasteiger charge is 2.03. The van der Waals surface area contributed by atoms with E-state index >= 15 is 0 Å². The van der Waals surface area contributed by atoms with Crippen LogP contribution in [0.1, 0.15) is 19.0 Å². The maximum absolute atomic E-state index is 11.9. The van der Waals surface area contributed by atoms with E-state index in [9.17, 15) is 4.79 Å². The van der Waals surface area contributed by atoms with Crippen LogP contribution in [0.2, 0.25) is 0 Å². The summed E-state index contributed by atoms with van der Waals surface area (Å²) in [5.74, 6) is 0.709. The number of methoxy groups -OCH3 is 1. The summed E-state index contributed by atoms with van der Waals surface area (Å²) in [5, 5.41) is 0.680. The number of ether oxygens (including phenoxy) is 1. The van der Waals surface area contributed by atoms with Crippen molar-refractivity contribution in [1.29, 1.82) is 0 Å². The van der Waals surface area contributed by atoms with E-state index in [-0.39, 0.29) is 5.43 Å². The van der Waals surface area contributed by atoms with E-state index in [2.05, 4.69) is 11.9 Å². The van der Waals surface area contributed by atoms with E-state index in [1.54, 1.807) is 19.2 Å². The highest BCUT2D eigenvalue weighted by atomic mass is 16.5. The largest absolute Gasteiger partial charge is 0.497 e. The molecule has 0 bridgehead atoms. The first-order valence-corrected chi connectivity index (χ1v) is 5.44. The Morgan fingerprint density at radius 3 is 2.81 bits per heavy atom. The van der Waals surface area contributed by atoms with Crippen molar-refractivity contribution in [2.24, 2.45) is 0 Å². The zero-order chi connectivity index (χ0) is 11.5. The van der Waals surface area contributed by atoms with Crippen LogP contribution in [0.15, 0.2) is 29.1 Å². The number of pyridine rings is 1. The Hall–Kier alpha value is -1.77. The molecule has 1 aromatic heterocycles. The first kappa shape index (κ1) is 10.7. The van der Waals surface area contributed by atoms with E-state index < -0.39 is 0 Å². The van der Waals surface area contributed by atoms with Crippen molar-refractivity contribution in [2.45, 2.75) is 19.8 Å². The molecular formula is C13H15NO2. The SMILES string of the molecule is CCCc1cc(=O)c2cc(OC)ccc2[nH]1. The first-order valence-electron chi connectivity index (χ1n) is 5.44. The second-order valence-corrected chi connectivity index (χ2v) is 3.82. The van der Waals surface area contributed by atoms with E-state index in [1.165, 1.54) is 0 Å². The summed E-state index contributed by atoms with van der Waals surface area (Å²) in [6.45, 7) is 2.09. The molecule has 3 nitrogen and oxygen atoms in total. The van der Waals surface area contributed by atoms with Crippen molar-refractivity contribution >= 4 is 10.9 Å². The van der Waals surface area contributed by atoms with Crippen LogP contribution in [0.25, 0.3) is 10.9 Å². The minimum absolute atomic E-state index is 0.0519. The fourth-order valence-electron chi connectivity index (χ4n) is 1.81. The highest BCUT2D eigenvalue weighted by Crippen LogP contribution is 2.16. The second-order valence-electron chi connectivity index (χ2n) is 3.82. The number of hydrogen-bond acceptors (Lipinski definition) is 2. The Morgan fingerprint density at radius 1 is 1.31 bits per heavy atom. The van der Waals surface area contributed by atoms with Crippen LogP contribution in [-0.4, -0.2) is 12.1 Å². The Labute approximate surface area is 94.1 Å². The molecule has 0 radical (unpaired) electrons. The average molecular weight is 217 g/mol. The molecule has 0 saturated heterocycles. The highest BCUT2D eigenvalue weighted by molar-refractivity contribution is 5.80. The van der Waals surface area contributed by atoms with Crippen molar-refractivity contribution in [3.05, 3.63) is 40.2 Å². The van der Waals surface area contributed by atoms with Gasteiger partial charge in [0.05, 0.1) is 7.11 Å². The van der Waals surface area contributed by atoms with Gasteiger partial charge in [0.15, 0.2) is 5.43 Å². The topological polar surface area (TPSA) is 42.1 Å². The minimum atomic E-state index is 0.0519. The molecule has 0 spiro atoms. The number of rotatable bonds is 3. The first-order chi connectivity index (χ1) is 7.74. The van der Waals surface area contributed by atoms with Crippen LogP contribution in [0.3, 0.4) is 0 Å². The summed E-state index contributed by atoms with van der Waals surface area (Å²) in [5.41, 5.74) is 1.91. The fourth-order valence-corrected chi connectivity index (χ4v) is 1.81. The van der Waals surface area contributed by atoms with Crippen LogP contribution in [-0.2, 0) is 6.42 Å². The third-order valence-electron chi connectivity index (χ3n) is 2.61. The van der Waals surface area contributed by atoms with Gasteiger partial charge in [-0.2, -0.15) is 0 Å². The summed E-state index contributed by atoms with van der Waals surface area (Å²) < 4.78 is 5.10. The van der Waals surface area contributed by atoms with E-state index in [0.717, 1.165) is 24.1 Å². The molecule has 0 aliphatic heterocycles. The van der Waals surface area contributed by atoms with Crippen LogP contribution < -0.4 is 10.2 Å². The van der Waals surface area contributed by atoms with Crippen molar-refractivity contribution in [1.82, 2.24) is 4.98 Å². The second kappa shape index (κ2) is 4.39. The van der Waals surface area contributed by atoms with Gasteiger partial charge >= 0.3 is 0 Å². The normalized spacial score (nSPS) is 10.6. The summed E-state index contributed by atoms with van der Waals surface area (Å²) >= 11 is 0. The Morgan fingerprint density at radius 2 is 2.12 bits per heavy atom. The summed E-state index contributed by atoms with van der Waals surface area (Å²) in [4.78, 5) is 15.1. The summed E-state index contributed by atoms with van der Waals surface area (Å²) in [7, 11) is 1.60. The zero-order valence-electron chi connectivity index (χ0n) is 9.54. The maximum atomic E-state index is 11.9. The molecule has 3 heteroatoms. The minimum Gasteiger partial charge on any atom is -0.497 e. The zero-order valence-corrected chi connectivity index (χ0v) is 9.54. The smallest absolute Gasteiger partial charge is 0.189 e. The third kappa shape index (κ3) is 1.94. The van der Waals surface area contributed by atoms with Gasteiger partial charge in [0.2, 0.25) is 0 Å². The van der Waals surface area contributed by atoms with Gasteiger partial charge in [0.25, 0.3) is 0 Å². The average Bonchev–Trinajstić information content (AvgIpc) is 2.29. The van der Waals surface area contributed by atoms with Gasteiger partial charge in [0, 0.05) is 22.7 Å². The lowest BCUT2D eigenvalue weighted by Crippen LogP contribution is -2.05. The van der Waals surface area contributed by atoms with Gasteiger partial charge in [-0.05, 0) is 24.6 Å². The third-order valence-corrected chi connectivity index (χ3v) is 2.61. The van der Waals surface area contributed by atoms with E-state index in [0.29, 0.717) is 11.1 Å². The van der Waals surface area contributed by atoms with Gasteiger partial charge in [-0.3, -0.25) is 4.79 Å². The van der Waals surface area contributed by atoms with Gasteiger partial charge in [0.1, 0.15) is 5.75 Å². The quantitative estimate of drug-likeness (QED) is 0.858. The predicted molar refractivity (Wildman–Crippen MR) is 65.1 cm³/mol. The fraction of sp³-hybridized carbons (Fsp3) is 0.308. The number of H-pyrrole nitrogens is 1. The molecule has 1 N–H and O–H groups in total. The molecule has 0 saturated carbocycles. The van der Waals surface area contributed by atoms with Crippen molar-refractivity contribution in [3.63, 3.8) is 0 Å². The molecule has 0 unspecified atom stereocenters. The number of fused-ring (bicyclic) bond motifs is 1. The number of benzene rings is 1. The molecule has 0 aliphatic rings. The number of nitrogens with one attached hydrogen (secondary N) is 1.